The second-order valence-electron chi connectivity index (χ2n) is 2.96. The van der Waals surface area contributed by atoms with Gasteiger partial charge in [0.2, 0.25) is 0 Å². The number of pyridine rings is 1. The third kappa shape index (κ3) is 2.86. The Morgan fingerprint density at radius 3 is 2.59 bits per heavy atom. The van der Waals surface area contributed by atoms with Gasteiger partial charge < -0.3 is 9.47 Å². The van der Waals surface area contributed by atoms with Crippen molar-refractivity contribution in [3.63, 3.8) is 0 Å². The number of aromatic nitrogens is 1. The van der Waals surface area contributed by atoms with Gasteiger partial charge in [-0.05, 0) is 13.0 Å². The highest BCUT2D eigenvalue weighted by Gasteiger charge is 2.40. The summed E-state index contributed by atoms with van der Waals surface area (Å²) >= 11 is 0. The second-order valence-corrected chi connectivity index (χ2v) is 2.96. The summed E-state index contributed by atoms with van der Waals surface area (Å²) in [4.78, 5) is 14.7. The van der Waals surface area contributed by atoms with Gasteiger partial charge in [0, 0.05) is 6.20 Å². The zero-order chi connectivity index (χ0) is 13.1. The van der Waals surface area contributed by atoms with Gasteiger partial charge in [0.25, 0.3) is 0 Å². The zero-order valence-corrected chi connectivity index (χ0v) is 9.17. The van der Waals surface area contributed by atoms with Gasteiger partial charge in [-0.25, -0.2) is 9.78 Å². The molecule has 0 aliphatic heterocycles. The highest BCUT2D eigenvalue weighted by molar-refractivity contribution is 5.89. The molecule has 0 N–H and O–H groups in total. The Kier molecular flexibility index (Phi) is 3.93. The first kappa shape index (κ1) is 13.3. The molecule has 0 spiro atoms. The smallest absolute Gasteiger partial charge is 0.422 e. The lowest BCUT2D eigenvalue weighted by Gasteiger charge is -2.14. The summed E-state index contributed by atoms with van der Waals surface area (Å²) in [5.41, 5.74) is -2.01. The number of hydrogen-bond acceptors (Lipinski definition) is 4. The molecule has 94 valence electrons. The molecular weight excluding hydrogens is 239 g/mol. The second kappa shape index (κ2) is 5.03. The monoisotopic (exact) mass is 249 g/mol. The van der Waals surface area contributed by atoms with Crippen LogP contribution in [-0.2, 0) is 10.9 Å². The van der Waals surface area contributed by atoms with Crippen LogP contribution in [0, 0.1) is 0 Å². The molecule has 1 rings (SSSR count). The first-order valence-corrected chi connectivity index (χ1v) is 4.69. The lowest BCUT2D eigenvalue weighted by molar-refractivity contribution is -0.139. The molecule has 0 saturated heterocycles. The Hall–Kier alpha value is -1.79. The number of esters is 1. The van der Waals surface area contributed by atoms with Crippen LogP contribution in [0.3, 0.4) is 0 Å². The van der Waals surface area contributed by atoms with Crippen LogP contribution in [-0.4, -0.2) is 24.7 Å². The van der Waals surface area contributed by atoms with Crippen LogP contribution in [0.4, 0.5) is 13.2 Å². The molecule has 0 aliphatic carbocycles. The maximum absolute atomic E-state index is 12.8. The normalized spacial score (nSPS) is 11.1. The summed E-state index contributed by atoms with van der Waals surface area (Å²) in [6, 6.07) is 1.03. The van der Waals surface area contributed by atoms with Crippen LogP contribution in [0.15, 0.2) is 12.3 Å². The number of carbonyl (C=O) groups excluding carboxylic acids is 1. The van der Waals surface area contributed by atoms with E-state index in [0.29, 0.717) is 0 Å². The third-order valence-electron chi connectivity index (χ3n) is 1.88. The van der Waals surface area contributed by atoms with Gasteiger partial charge >= 0.3 is 12.1 Å². The minimum Gasteiger partial charge on any atom is -0.496 e. The fourth-order valence-electron chi connectivity index (χ4n) is 1.24. The number of carbonyl (C=O) groups is 1. The molecule has 0 unspecified atom stereocenters. The number of alkyl halides is 3. The summed E-state index contributed by atoms with van der Waals surface area (Å²) in [7, 11) is 1.08. The van der Waals surface area contributed by atoms with E-state index in [1.54, 1.807) is 0 Å². The summed E-state index contributed by atoms with van der Waals surface area (Å²) in [6.07, 6.45) is -3.68. The van der Waals surface area contributed by atoms with Gasteiger partial charge in [-0.2, -0.15) is 13.2 Å². The Morgan fingerprint density at radius 2 is 2.12 bits per heavy atom. The average molecular weight is 249 g/mol. The van der Waals surface area contributed by atoms with E-state index in [0.717, 1.165) is 19.4 Å². The van der Waals surface area contributed by atoms with Crippen LogP contribution in [0.1, 0.15) is 23.0 Å². The molecule has 1 aromatic rings. The van der Waals surface area contributed by atoms with Crippen molar-refractivity contribution in [2.75, 3.05) is 13.7 Å². The number of rotatable bonds is 3. The Balaban J connectivity index is 3.35. The van der Waals surface area contributed by atoms with Gasteiger partial charge in [0.1, 0.15) is 11.3 Å². The predicted molar refractivity (Wildman–Crippen MR) is 51.7 cm³/mol. The molecule has 0 atom stereocenters. The summed E-state index contributed by atoms with van der Waals surface area (Å²) in [5, 5.41) is 0. The molecule has 1 aromatic heterocycles. The molecule has 0 bridgehead atoms. The maximum Gasteiger partial charge on any atom is 0.422 e. The van der Waals surface area contributed by atoms with Crippen LogP contribution in [0.25, 0.3) is 0 Å². The molecule has 0 aromatic carbocycles. The molecular formula is C10H10F3NO3. The first-order chi connectivity index (χ1) is 7.91. The van der Waals surface area contributed by atoms with Crippen molar-refractivity contribution in [1.29, 1.82) is 0 Å². The predicted octanol–water partition coefficient (Wildman–Crippen LogP) is 2.29. The van der Waals surface area contributed by atoms with Gasteiger partial charge in [0.15, 0.2) is 5.69 Å². The topological polar surface area (TPSA) is 48.4 Å². The molecule has 1 heterocycles. The standard InChI is InChI=1S/C10H10F3NO3/c1-3-17-9(15)8-7(10(11,12)13)6(16-2)4-5-14-8/h4-5H,3H2,1-2H3. The lowest BCUT2D eigenvalue weighted by Crippen LogP contribution is -2.18. The van der Waals surface area contributed by atoms with Crippen molar-refractivity contribution in [2.45, 2.75) is 13.1 Å². The van der Waals surface area contributed by atoms with E-state index >= 15 is 0 Å². The van der Waals surface area contributed by atoms with E-state index in [-0.39, 0.29) is 6.61 Å². The molecule has 0 aliphatic rings. The first-order valence-electron chi connectivity index (χ1n) is 4.69. The molecule has 0 amide bonds. The van der Waals surface area contributed by atoms with E-state index in [2.05, 4.69) is 14.5 Å². The largest absolute Gasteiger partial charge is 0.496 e. The number of hydrogen-bond donors (Lipinski definition) is 0. The van der Waals surface area contributed by atoms with E-state index in [9.17, 15) is 18.0 Å². The molecule has 0 fully saturated rings. The molecule has 17 heavy (non-hydrogen) atoms. The SMILES string of the molecule is CCOC(=O)c1nccc(OC)c1C(F)(F)F. The molecule has 0 saturated carbocycles. The fraction of sp³-hybridized carbons (Fsp3) is 0.400. The van der Waals surface area contributed by atoms with E-state index < -0.39 is 29.2 Å². The van der Waals surface area contributed by atoms with Crippen LogP contribution in [0.5, 0.6) is 5.75 Å². The van der Waals surface area contributed by atoms with Crippen molar-refractivity contribution >= 4 is 5.97 Å². The quantitative estimate of drug-likeness (QED) is 0.771. The maximum atomic E-state index is 12.8. The van der Waals surface area contributed by atoms with Crippen molar-refractivity contribution < 1.29 is 27.4 Å². The highest BCUT2D eigenvalue weighted by Crippen LogP contribution is 2.37. The Morgan fingerprint density at radius 1 is 1.47 bits per heavy atom. The minimum absolute atomic E-state index is 0.0327. The van der Waals surface area contributed by atoms with Gasteiger partial charge in [-0.1, -0.05) is 0 Å². The summed E-state index contributed by atoms with van der Waals surface area (Å²) in [6.45, 7) is 1.46. The van der Waals surface area contributed by atoms with E-state index in [1.807, 2.05) is 0 Å². The average Bonchev–Trinajstić information content (AvgIpc) is 2.27. The summed E-state index contributed by atoms with van der Waals surface area (Å²) in [5.74, 6) is -1.59. The van der Waals surface area contributed by atoms with E-state index in [1.165, 1.54) is 6.92 Å². The highest BCUT2D eigenvalue weighted by atomic mass is 19.4. The van der Waals surface area contributed by atoms with Gasteiger partial charge in [0.05, 0.1) is 13.7 Å². The number of halogens is 3. The van der Waals surface area contributed by atoms with Crippen LogP contribution in [0.2, 0.25) is 0 Å². The van der Waals surface area contributed by atoms with Gasteiger partial charge in [-0.15, -0.1) is 0 Å². The Bertz CT molecular complexity index is 418. The van der Waals surface area contributed by atoms with E-state index in [4.69, 9.17) is 0 Å². The number of ether oxygens (including phenoxy) is 2. The van der Waals surface area contributed by atoms with Crippen molar-refractivity contribution in [3.05, 3.63) is 23.5 Å². The zero-order valence-electron chi connectivity index (χ0n) is 9.17. The fourth-order valence-corrected chi connectivity index (χ4v) is 1.24. The molecule has 4 nitrogen and oxygen atoms in total. The van der Waals surface area contributed by atoms with Crippen molar-refractivity contribution in [2.24, 2.45) is 0 Å². The Labute approximate surface area is 95.4 Å². The van der Waals surface area contributed by atoms with Gasteiger partial charge in [-0.3, -0.25) is 0 Å². The third-order valence-corrected chi connectivity index (χ3v) is 1.88. The number of nitrogens with zero attached hydrogens (tertiary/aromatic N) is 1. The van der Waals surface area contributed by atoms with Crippen molar-refractivity contribution in [3.8, 4) is 5.75 Å². The summed E-state index contributed by atoms with van der Waals surface area (Å²) < 4.78 is 47.4. The minimum atomic E-state index is -4.73. The van der Waals surface area contributed by atoms with Crippen LogP contribution >= 0.6 is 0 Å². The van der Waals surface area contributed by atoms with Crippen molar-refractivity contribution in [1.82, 2.24) is 4.98 Å². The van der Waals surface area contributed by atoms with Crippen LogP contribution < -0.4 is 4.74 Å². The number of methoxy groups -OCH3 is 1. The lowest BCUT2D eigenvalue weighted by atomic mass is 10.1. The molecule has 0 radical (unpaired) electrons. The molecule has 7 heteroatoms.